The minimum atomic E-state index is -5.08. The van der Waals surface area contributed by atoms with Crippen LogP contribution in [0.25, 0.3) is 0 Å². The molecule has 3 amide bonds. The van der Waals surface area contributed by atoms with Crippen molar-refractivity contribution in [2.75, 3.05) is 31.5 Å². The van der Waals surface area contributed by atoms with Gasteiger partial charge in [0.15, 0.2) is 3.95 Å². The number of amides is 3. The summed E-state index contributed by atoms with van der Waals surface area (Å²) < 4.78 is 32.2. The molecule has 1 saturated heterocycles. The first kappa shape index (κ1) is 26.2. The molecule has 0 unspecified atom stereocenters. The number of benzene rings is 1. The fourth-order valence-electron chi connectivity index (χ4n) is 2.73. The van der Waals surface area contributed by atoms with Crippen molar-refractivity contribution in [3.05, 3.63) is 39.8 Å². The van der Waals surface area contributed by atoms with E-state index < -0.39 is 24.2 Å². The molecular weight excluding hydrogens is 485 g/mol. The highest BCUT2D eigenvalue weighted by Crippen LogP contribution is 2.13. The normalized spacial score (nSPS) is 14.5. The average Bonchev–Trinajstić information content (AvgIpc) is 3.18. The second kappa shape index (κ2) is 12.3. The number of aliphatic carboxylic acids is 1. The molecule has 10 nitrogen and oxygen atoms in total. The van der Waals surface area contributed by atoms with Crippen LogP contribution in [0.2, 0.25) is 0 Å². The van der Waals surface area contributed by atoms with E-state index in [0.717, 1.165) is 30.0 Å². The van der Waals surface area contributed by atoms with Crippen molar-refractivity contribution in [3.8, 4) is 0 Å². The first-order valence-corrected chi connectivity index (χ1v) is 10.8. The third kappa shape index (κ3) is 9.15. The lowest BCUT2D eigenvalue weighted by Crippen LogP contribution is -2.55. The molecule has 5 N–H and O–H groups in total. The van der Waals surface area contributed by atoms with Gasteiger partial charge in [-0.1, -0.05) is 41.7 Å². The molecular formula is C18H21F3N6O4S2. The number of nitrogens with zero attached hydrogens (tertiary/aromatic N) is 2. The van der Waals surface area contributed by atoms with Crippen molar-refractivity contribution in [1.29, 1.82) is 0 Å². The largest absolute Gasteiger partial charge is 0.490 e. The predicted octanol–water partition coefficient (Wildman–Crippen LogP) is 2.00. The summed E-state index contributed by atoms with van der Waals surface area (Å²) in [5.41, 5.74) is 0.983. The minimum Gasteiger partial charge on any atom is -0.475 e. The van der Waals surface area contributed by atoms with Gasteiger partial charge in [-0.15, -0.1) is 5.10 Å². The number of aromatic nitrogens is 2. The number of anilines is 1. The van der Waals surface area contributed by atoms with Crippen LogP contribution in [0.15, 0.2) is 30.3 Å². The molecule has 0 saturated carbocycles. The van der Waals surface area contributed by atoms with Crippen molar-refractivity contribution < 1.29 is 32.7 Å². The molecule has 0 aliphatic carbocycles. The van der Waals surface area contributed by atoms with E-state index >= 15 is 0 Å². The smallest absolute Gasteiger partial charge is 0.475 e. The van der Waals surface area contributed by atoms with Crippen LogP contribution in [0, 0.1) is 3.95 Å². The number of carbonyl (C=O) groups excluding carboxylic acids is 2. The monoisotopic (exact) mass is 506 g/mol. The number of carboxylic acid groups (broad SMARTS) is 1. The lowest BCUT2D eigenvalue weighted by Gasteiger charge is -2.31. The number of aromatic amines is 1. The Morgan fingerprint density at radius 1 is 1.21 bits per heavy atom. The Morgan fingerprint density at radius 3 is 2.33 bits per heavy atom. The number of halogens is 3. The third-order valence-electron chi connectivity index (χ3n) is 4.22. The first-order chi connectivity index (χ1) is 15.6. The number of nitrogens with one attached hydrogen (secondary N) is 4. The highest BCUT2D eigenvalue weighted by atomic mass is 32.1. The molecule has 1 aromatic heterocycles. The van der Waals surface area contributed by atoms with Gasteiger partial charge in [0, 0.05) is 32.6 Å². The molecule has 1 fully saturated rings. The molecule has 3 rings (SSSR count). The second-order valence-electron chi connectivity index (χ2n) is 6.64. The summed E-state index contributed by atoms with van der Waals surface area (Å²) in [6, 6.07) is 8.50. The zero-order valence-corrected chi connectivity index (χ0v) is 18.6. The Bertz CT molecular complexity index is 993. The Hall–Kier alpha value is -3.04. The van der Waals surface area contributed by atoms with E-state index in [1.165, 1.54) is 0 Å². The number of alkyl halides is 3. The van der Waals surface area contributed by atoms with Gasteiger partial charge in [-0.3, -0.25) is 15.2 Å². The molecule has 1 aromatic carbocycles. The number of hydrogen-bond acceptors (Lipinski definition) is 7. The van der Waals surface area contributed by atoms with Gasteiger partial charge < -0.3 is 20.6 Å². The summed E-state index contributed by atoms with van der Waals surface area (Å²) in [5.74, 6) is -2.84. The average molecular weight is 507 g/mol. The second-order valence-corrected chi connectivity index (χ2v) is 8.30. The summed E-state index contributed by atoms with van der Waals surface area (Å²) in [7, 11) is 0. The number of carbonyl (C=O) groups is 3. The zero-order chi connectivity index (χ0) is 24.4. The molecule has 33 heavy (non-hydrogen) atoms. The van der Waals surface area contributed by atoms with Crippen LogP contribution in [0.1, 0.15) is 5.56 Å². The van der Waals surface area contributed by atoms with Crippen LogP contribution in [-0.4, -0.2) is 76.5 Å². The van der Waals surface area contributed by atoms with E-state index in [4.69, 9.17) is 22.1 Å². The van der Waals surface area contributed by atoms with Gasteiger partial charge in [0.05, 0.1) is 0 Å². The minimum absolute atomic E-state index is 0.0832. The summed E-state index contributed by atoms with van der Waals surface area (Å²) in [5, 5.41) is 22.6. The number of piperazine rings is 1. The van der Waals surface area contributed by atoms with E-state index in [0.29, 0.717) is 28.6 Å². The van der Waals surface area contributed by atoms with Crippen molar-refractivity contribution in [3.63, 3.8) is 0 Å². The quantitative estimate of drug-likeness (QED) is 0.391. The molecule has 0 radical (unpaired) electrons. The van der Waals surface area contributed by atoms with Gasteiger partial charge in [0.2, 0.25) is 11.0 Å². The van der Waals surface area contributed by atoms with Gasteiger partial charge >= 0.3 is 18.2 Å². The number of H-pyrrole nitrogens is 1. The van der Waals surface area contributed by atoms with E-state index in [9.17, 15) is 22.8 Å². The fraction of sp³-hybridized carbons (Fsp3) is 0.389. The molecule has 1 aliphatic heterocycles. The van der Waals surface area contributed by atoms with E-state index in [-0.39, 0.29) is 5.91 Å². The number of urea groups is 1. The van der Waals surface area contributed by atoms with Crippen LogP contribution >= 0.6 is 23.6 Å². The maximum absolute atomic E-state index is 12.9. The van der Waals surface area contributed by atoms with Crippen molar-refractivity contribution in [2.45, 2.75) is 18.6 Å². The summed E-state index contributed by atoms with van der Waals surface area (Å²) >= 11 is 6.11. The van der Waals surface area contributed by atoms with Gasteiger partial charge in [0.25, 0.3) is 0 Å². The number of rotatable bonds is 5. The number of carboxylic acids is 1. The fourth-order valence-corrected chi connectivity index (χ4v) is 3.51. The maximum atomic E-state index is 12.9. The van der Waals surface area contributed by atoms with Crippen molar-refractivity contribution >= 4 is 46.6 Å². The van der Waals surface area contributed by atoms with Crippen LogP contribution in [-0.2, 0) is 16.0 Å². The van der Waals surface area contributed by atoms with Crippen molar-refractivity contribution in [2.24, 2.45) is 0 Å². The maximum Gasteiger partial charge on any atom is 0.490 e. The molecule has 180 valence electrons. The molecule has 2 heterocycles. The zero-order valence-electron chi connectivity index (χ0n) is 17.0. The van der Waals surface area contributed by atoms with Crippen LogP contribution < -0.4 is 16.0 Å². The standard InChI is InChI=1S/C16H20N6O2S2.C2HF3O2/c23-13(22-8-6-17-7-9-22)12(10-11-4-2-1-3-5-11)18-14(24)19-15-20-21-16(25)26-15;3-2(4,5)1(6)7/h1-5,12,17H,6-10H2,(H,21,25)(H2,18,19,20,24);(H,6,7)/t12-;/m0./s1. The van der Waals surface area contributed by atoms with Crippen LogP contribution in [0.5, 0.6) is 0 Å². The van der Waals surface area contributed by atoms with Crippen molar-refractivity contribution in [1.82, 2.24) is 25.7 Å². The van der Waals surface area contributed by atoms with E-state index in [2.05, 4.69) is 26.1 Å². The van der Waals surface area contributed by atoms with Gasteiger partial charge in [0.1, 0.15) is 6.04 Å². The Morgan fingerprint density at radius 2 is 1.82 bits per heavy atom. The third-order valence-corrected chi connectivity index (χ3v) is 5.22. The Balaban J connectivity index is 0.000000479. The summed E-state index contributed by atoms with van der Waals surface area (Å²) in [6.45, 7) is 2.78. The predicted molar refractivity (Wildman–Crippen MR) is 117 cm³/mol. The lowest BCUT2D eigenvalue weighted by atomic mass is 10.0. The van der Waals surface area contributed by atoms with E-state index in [1.807, 2.05) is 30.3 Å². The molecule has 2 aromatic rings. The lowest BCUT2D eigenvalue weighted by molar-refractivity contribution is -0.192. The SMILES string of the molecule is O=C(Nc1n[nH]c(=S)s1)N[C@@H](Cc1ccccc1)C(=O)N1CCNCC1.O=C(O)C(F)(F)F. The van der Waals surface area contributed by atoms with E-state index in [1.54, 1.807) is 4.90 Å². The Kier molecular flexibility index (Phi) is 9.74. The highest BCUT2D eigenvalue weighted by molar-refractivity contribution is 7.73. The van der Waals surface area contributed by atoms with Gasteiger partial charge in [-0.25, -0.2) is 9.59 Å². The molecule has 1 atom stereocenters. The number of hydrogen-bond donors (Lipinski definition) is 5. The topological polar surface area (TPSA) is 139 Å². The summed E-state index contributed by atoms with van der Waals surface area (Å²) in [6.07, 6.45) is -4.66. The molecule has 15 heteroatoms. The molecule has 1 aliphatic rings. The van der Waals surface area contributed by atoms with Gasteiger partial charge in [-0.2, -0.15) is 13.2 Å². The first-order valence-electron chi connectivity index (χ1n) is 9.53. The van der Waals surface area contributed by atoms with Crippen LogP contribution in [0.3, 0.4) is 0 Å². The Labute approximate surface area is 195 Å². The van der Waals surface area contributed by atoms with Gasteiger partial charge in [-0.05, 0) is 17.8 Å². The molecule has 0 bridgehead atoms. The van der Waals surface area contributed by atoms with Crippen LogP contribution in [0.4, 0.5) is 23.1 Å². The highest BCUT2D eigenvalue weighted by Gasteiger charge is 2.38. The summed E-state index contributed by atoms with van der Waals surface area (Å²) in [4.78, 5) is 35.9. The molecule has 0 spiro atoms.